The highest BCUT2D eigenvalue weighted by Crippen LogP contribution is 2.32. The third-order valence-corrected chi connectivity index (χ3v) is 8.27. The number of piperidine rings is 1. The molecular formula is C31H33F2N7O3. The van der Waals surface area contributed by atoms with Crippen LogP contribution in [0, 0.1) is 30.4 Å². The number of anilines is 2. The van der Waals surface area contributed by atoms with E-state index in [0.717, 1.165) is 18.7 Å². The number of rotatable bonds is 8. The number of likely N-dealkylation sites (tertiary alicyclic amines) is 1. The van der Waals surface area contributed by atoms with E-state index >= 15 is 0 Å². The number of benzene rings is 2. The maximum Gasteiger partial charge on any atom is 0.254 e. The van der Waals surface area contributed by atoms with Gasteiger partial charge in [0.2, 0.25) is 11.7 Å². The number of methoxy groups -OCH3 is 1. The molecule has 0 atom stereocenters. The van der Waals surface area contributed by atoms with Crippen LogP contribution in [0.15, 0.2) is 48.9 Å². The van der Waals surface area contributed by atoms with E-state index in [2.05, 4.69) is 25.9 Å². The number of imidazole rings is 1. The van der Waals surface area contributed by atoms with Crippen molar-refractivity contribution in [2.24, 2.45) is 11.8 Å². The Hall–Kier alpha value is -4.58. The largest absolute Gasteiger partial charge is 0.494 e. The van der Waals surface area contributed by atoms with Crippen molar-refractivity contribution in [2.45, 2.75) is 19.8 Å². The Morgan fingerprint density at radius 1 is 1.09 bits per heavy atom. The molecule has 2 saturated heterocycles. The number of carbonyl (C=O) groups is 2. The number of aromatic nitrogens is 3. The lowest BCUT2D eigenvalue weighted by Crippen LogP contribution is -2.50. The second-order valence-electron chi connectivity index (χ2n) is 11.0. The Morgan fingerprint density at radius 3 is 2.58 bits per heavy atom. The van der Waals surface area contributed by atoms with Crippen molar-refractivity contribution in [3.05, 3.63) is 71.7 Å². The predicted molar refractivity (Wildman–Crippen MR) is 157 cm³/mol. The van der Waals surface area contributed by atoms with Gasteiger partial charge in [-0.3, -0.25) is 14.0 Å². The molecule has 224 valence electrons. The second kappa shape index (κ2) is 12.0. The topological polar surface area (TPSA) is 113 Å². The average Bonchev–Trinajstić information content (AvgIpc) is 3.42. The highest BCUT2D eigenvalue weighted by atomic mass is 19.2. The van der Waals surface area contributed by atoms with E-state index in [0.29, 0.717) is 66.8 Å². The smallest absolute Gasteiger partial charge is 0.254 e. The van der Waals surface area contributed by atoms with Gasteiger partial charge in [-0.2, -0.15) is 4.39 Å². The van der Waals surface area contributed by atoms with Crippen LogP contribution in [0.25, 0.3) is 16.9 Å². The lowest BCUT2D eigenvalue weighted by molar-refractivity contribution is -0.126. The van der Waals surface area contributed by atoms with E-state index in [1.807, 2.05) is 17.9 Å². The zero-order chi connectivity index (χ0) is 30.1. The van der Waals surface area contributed by atoms with Gasteiger partial charge in [-0.15, -0.1) is 0 Å². The van der Waals surface area contributed by atoms with Gasteiger partial charge in [0.1, 0.15) is 0 Å². The molecule has 12 heteroatoms. The van der Waals surface area contributed by atoms with Crippen LogP contribution in [0.3, 0.4) is 0 Å². The molecule has 2 aromatic heterocycles. The van der Waals surface area contributed by atoms with Crippen molar-refractivity contribution < 1.29 is 23.1 Å². The molecule has 2 aliphatic rings. The van der Waals surface area contributed by atoms with Crippen molar-refractivity contribution in [3.63, 3.8) is 0 Å². The minimum absolute atomic E-state index is 0.0394. The molecule has 2 amide bonds. The monoisotopic (exact) mass is 589 g/mol. The molecular weight excluding hydrogens is 556 g/mol. The highest BCUT2D eigenvalue weighted by molar-refractivity contribution is 5.96. The molecule has 10 nitrogen and oxygen atoms in total. The maximum atomic E-state index is 14.8. The molecule has 2 aliphatic heterocycles. The van der Waals surface area contributed by atoms with Gasteiger partial charge in [-0.05, 0) is 55.7 Å². The number of halogens is 2. The first-order valence-corrected chi connectivity index (χ1v) is 14.3. The molecule has 0 aliphatic carbocycles. The van der Waals surface area contributed by atoms with Gasteiger partial charge < -0.3 is 25.6 Å². The number of amides is 2. The van der Waals surface area contributed by atoms with Crippen LogP contribution in [-0.4, -0.2) is 70.9 Å². The summed E-state index contributed by atoms with van der Waals surface area (Å²) in [6.45, 7) is 5.55. The zero-order valence-corrected chi connectivity index (χ0v) is 24.0. The van der Waals surface area contributed by atoms with Crippen LogP contribution in [0.2, 0.25) is 0 Å². The summed E-state index contributed by atoms with van der Waals surface area (Å²) in [5.41, 5.74) is 2.89. The summed E-state index contributed by atoms with van der Waals surface area (Å²) in [6, 6.07) is 8.24. The van der Waals surface area contributed by atoms with Gasteiger partial charge in [0.15, 0.2) is 23.0 Å². The Kier molecular flexibility index (Phi) is 7.94. The Labute approximate surface area is 247 Å². The second-order valence-corrected chi connectivity index (χ2v) is 11.0. The van der Waals surface area contributed by atoms with Gasteiger partial charge in [0.25, 0.3) is 5.91 Å². The fourth-order valence-corrected chi connectivity index (χ4v) is 5.61. The molecule has 0 bridgehead atoms. The van der Waals surface area contributed by atoms with Gasteiger partial charge in [-0.25, -0.2) is 14.4 Å². The van der Waals surface area contributed by atoms with E-state index in [1.54, 1.807) is 22.7 Å². The zero-order valence-electron chi connectivity index (χ0n) is 24.0. The molecule has 0 saturated carbocycles. The molecule has 0 unspecified atom stereocenters. The number of aryl methyl sites for hydroxylation is 1. The summed E-state index contributed by atoms with van der Waals surface area (Å²) in [6.07, 6.45) is 5.91. The first kappa shape index (κ1) is 28.5. The highest BCUT2D eigenvalue weighted by Gasteiger charge is 2.29. The average molecular weight is 590 g/mol. The van der Waals surface area contributed by atoms with E-state index < -0.39 is 11.6 Å². The van der Waals surface area contributed by atoms with Crippen molar-refractivity contribution >= 4 is 29.0 Å². The quantitative estimate of drug-likeness (QED) is 0.286. The number of hydrogen-bond donors (Lipinski definition) is 3. The fourth-order valence-electron chi connectivity index (χ4n) is 5.61. The lowest BCUT2D eigenvalue weighted by Gasteiger charge is -2.33. The Balaban J connectivity index is 1.13. The van der Waals surface area contributed by atoms with Crippen molar-refractivity contribution in [1.29, 1.82) is 0 Å². The van der Waals surface area contributed by atoms with E-state index in [4.69, 9.17) is 4.74 Å². The van der Waals surface area contributed by atoms with Crippen LogP contribution < -0.4 is 20.7 Å². The molecule has 3 N–H and O–H groups in total. The molecule has 6 rings (SSSR count). The van der Waals surface area contributed by atoms with Crippen LogP contribution in [0.4, 0.5) is 20.3 Å². The molecule has 4 heterocycles. The molecule has 2 aromatic carbocycles. The lowest BCUT2D eigenvalue weighted by atomic mass is 9.94. The van der Waals surface area contributed by atoms with Gasteiger partial charge in [-0.1, -0.05) is 0 Å². The van der Waals surface area contributed by atoms with E-state index in [9.17, 15) is 18.4 Å². The number of hydrogen-bond acceptors (Lipinski definition) is 7. The van der Waals surface area contributed by atoms with E-state index in [1.165, 1.54) is 31.6 Å². The van der Waals surface area contributed by atoms with E-state index in [-0.39, 0.29) is 29.0 Å². The van der Waals surface area contributed by atoms with Gasteiger partial charge >= 0.3 is 0 Å². The standard InChI is InChI=1S/C31H33F2N7O3/c1-18-13-21(3-4-22(18)31(42)39-10-7-20(8-11-39)30(41)37-16-19-14-34-15-19)38-28-29-36-17-24(40(29)12-9-35-28)23-5-6-25(43-2)27(33)26(23)32/h3-6,9,12-13,17,19-20,34H,7-8,10-11,14-16H2,1-2H3,(H,35,38)(H,37,41). The summed E-state index contributed by atoms with van der Waals surface area (Å²) >= 11 is 0. The van der Waals surface area contributed by atoms with Crippen molar-refractivity contribution in [3.8, 4) is 17.0 Å². The minimum Gasteiger partial charge on any atom is -0.494 e. The first-order valence-electron chi connectivity index (χ1n) is 14.3. The van der Waals surface area contributed by atoms with Gasteiger partial charge in [0.05, 0.1) is 19.0 Å². The van der Waals surface area contributed by atoms with Crippen molar-refractivity contribution in [1.82, 2.24) is 29.9 Å². The number of carbonyl (C=O) groups excluding carboxylic acids is 2. The van der Waals surface area contributed by atoms with Crippen LogP contribution in [0.5, 0.6) is 5.75 Å². The summed E-state index contributed by atoms with van der Waals surface area (Å²) in [4.78, 5) is 36.5. The Bertz CT molecular complexity index is 1680. The van der Waals surface area contributed by atoms with Crippen molar-refractivity contribution in [2.75, 3.05) is 45.2 Å². The number of fused-ring (bicyclic) bond motifs is 1. The third-order valence-electron chi connectivity index (χ3n) is 8.27. The van der Waals surface area contributed by atoms with Crippen LogP contribution in [-0.2, 0) is 4.79 Å². The summed E-state index contributed by atoms with van der Waals surface area (Å²) in [5.74, 6) is -1.39. The fraction of sp³-hybridized carbons (Fsp3) is 0.355. The maximum absolute atomic E-state index is 14.8. The van der Waals surface area contributed by atoms with Crippen LogP contribution in [0.1, 0.15) is 28.8 Å². The SMILES string of the molecule is COc1ccc(-c2cnc3c(Nc4ccc(C(=O)N5CCC(C(=O)NCC6CNC6)CC5)c(C)c4)nccn23)c(F)c1F. The predicted octanol–water partition coefficient (Wildman–Crippen LogP) is 3.92. The molecule has 43 heavy (non-hydrogen) atoms. The first-order chi connectivity index (χ1) is 20.8. The molecule has 0 spiro atoms. The number of nitrogens with one attached hydrogen (secondary N) is 3. The van der Waals surface area contributed by atoms with Crippen LogP contribution >= 0.6 is 0 Å². The molecule has 2 fully saturated rings. The third kappa shape index (κ3) is 5.62. The number of nitrogens with zero attached hydrogens (tertiary/aromatic N) is 4. The molecule has 0 radical (unpaired) electrons. The van der Waals surface area contributed by atoms with Gasteiger partial charge in [0, 0.05) is 73.8 Å². The minimum atomic E-state index is -1.07. The summed E-state index contributed by atoms with van der Waals surface area (Å²) in [5, 5.41) is 9.50. The summed E-state index contributed by atoms with van der Waals surface area (Å²) < 4.78 is 35.7. The summed E-state index contributed by atoms with van der Waals surface area (Å²) in [7, 11) is 1.28. The molecule has 4 aromatic rings. The number of ether oxygens (including phenoxy) is 1. The normalized spacial score (nSPS) is 15.8. The Morgan fingerprint density at radius 2 is 1.88 bits per heavy atom.